The monoisotopic (exact) mass is 284 g/mol. The van der Waals surface area contributed by atoms with Crippen LogP contribution in [0.15, 0.2) is 24.3 Å². The quantitative estimate of drug-likeness (QED) is 0.632. The average Bonchev–Trinajstić information content (AvgIpc) is 2.72. The van der Waals surface area contributed by atoms with Crippen LogP contribution in [-0.4, -0.2) is 18.4 Å². The molecule has 0 spiro atoms. The van der Waals surface area contributed by atoms with E-state index >= 15 is 0 Å². The molecule has 3 nitrogen and oxygen atoms in total. The first-order valence-electron chi connectivity index (χ1n) is 5.12. The first kappa shape index (κ1) is 11.5. The number of benzene rings is 1. The maximum absolute atomic E-state index is 11.2. The standard InChI is InChI=1S/C12H13BrO3/c1-15-10-4-2-9(3-5-10)12(8-13)7-6-11(14)16-12/h2-5H,6-8H2,1H3. The highest BCUT2D eigenvalue weighted by Gasteiger charge is 2.41. The Morgan fingerprint density at radius 1 is 1.44 bits per heavy atom. The van der Waals surface area contributed by atoms with Gasteiger partial charge in [-0.1, -0.05) is 28.1 Å². The van der Waals surface area contributed by atoms with E-state index in [2.05, 4.69) is 15.9 Å². The summed E-state index contributed by atoms with van der Waals surface area (Å²) in [6.45, 7) is 0. The number of ether oxygens (including phenoxy) is 2. The molecule has 1 saturated heterocycles. The number of rotatable bonds is 3. The second kappa shape index (κ2) is 4.45. The van der Waals surface area contributed by atoms with Gasteiger partial charge in [-0.05, 0) is 17.7 Å². The van der Waals surface area contributed by atoms with Crippen LogP contribution in [0.5, 0.6) is 5.75 Å². The Hall–Kier alpha value is -1.03. The summed E-state index contributed by atoms with van der Waals surface area (Å²) in [6, 6.07) is 7.65. The molecule has 0 N–H and O–H groups in total. The summed E-state index contributed by atoms with van der Waals surface area (Å²) in [5.41, 5.74) is 0.514. The molecule has 0 saturated carbocycles. The largest absolute Gasteiger partial charge is 0.497 e. The van der Waals surface area contributed by atoms with Gasteiger partial charge in [-0.25, -0.2) is 0 Å². The van der Waals surface area contributed by atoms with Gasteiger partial charge in [0.25, 0.3) is 0 Å². The molecule has 1 heterocycles. The van der Waals surface area contributed by atoms with Crippen LogP contribution in [0.4, 0.5) is 0 Å². The molecule has 0 aliphatic carbocycles. The van der Waals surface area contributed by atoms with E-state index < -0.39 is 5.60 Å². The second-order valence-corrected chi connectivity index (χ2v) is 4.39. The van der Waals surface area contributed by atoms with E-state index in [1.807, 2.05) is 24.3 Å². The predicted molar refractivity (Wildman–Crippen MR) is 63.8 cm³/mol. The van der Waals surface area contributed by atoms with E-state index in [-0.39, 0.29) is 5.97 Å². The van der Waals surface area contributed by atoms with Crippen molar-refractivity contribution in [1.82, 2.24) is 0 Å². The Morgan fingerprint density at radius 2 is 2.12 bits per heavy atom. The van der Waals surface area contributed by atoms with Crippen molar-refractivity contribution < 1.29 is 14.3 Å². The zero-order chi connectivity index (χ0) is 11.6. The SMILES string of the molecule is COc1ccc(C2(CBr)CCC(=O)O2)cc1. The van der Waals surface area contributed by atoms with Crippen molar-refractivity contribution in [3.05, 3.63) is 29.8 Å². The molecule has 1 aliphatic heterocycles. The Bertz CT molecular complexity index is 388. The molecule has 16 heavy (non-hydrogen) atoms. The van der Waals surface area contributed by atoms with E-state index in [9.17, 15) is 4.79 Å². The normalized spacial score (nSPS) is 24.2. The van der Waals surface area contributed by atoms with Crippen molar-refractivity contribution in [2.45, 2.75) is 18.4 Å². The lowest BCUT2D eigenvalue weighted by molar-refractivity contribution is -0.147. The Morgan fingerprint density at radius 3 is 2.56 bits per heavy atom. The molecule has 0 bridgehead atoms. The Kier molecular flexibility index (Phi) is 3.19. The van der Waals surface area contributed by atoms with Crippen LogP contribution >= 0.6 is 15.9 Å². The van der Waals surface area contributed by atoms with Gasteiger partial charge >= 0.3 is 5.97 Å². The fourth-order valence-corrected chi connectivity index (χ4v) is 2.61. The maximum atomic E-state index is 11.2. The summed E-state index contributed by atoms with van der Waals surface area (Å²) in [4.78, 5) is 11.2. The van der Waals surface area contributed by atoms with Gasteiger partial charge in [-0.15, -0.1) is 0 Å². The van der Waals surface area contributed by atoms with Gasteiger partial charge in [-0.3, -0.25) is 4.79 Å². The number of esters is 1. The first-order valence-corrected chi connectivity index (χ1v) is 6.25. The van der Waals surface area contributed by atoms with Gasteiger partial charge < -0.3 is 9.47 Å². The van der Waals surface area contributed by atoms with Crippen LogP contribution in [0, 0.1) is 0 Å². The van der Waals surface area contributed by atoms with Crippen molar-refractivity contribution in [3.63, 3.8) is 0 Å². The van der Waals surface area contributed by atoms with Crippen molar-refractivity contribution >= 4 is 21.9 Å². The van der Waals surface area contributed by atoms with Gasteiger partial charge in [0, 0.05) is 18.2 Å². The number of methoxy groups -OCH3 is 1. The molecule has 1 aromatic carbocycles. The third kappa shape index (κ3) is 1.94. The molecule has 1 fully saturated rings. The third-order valence-corrected chi connectivity index (χ3v) is 3.78. The number of cyclic esters (lactones) is 1. The van der Waals surface area contributed by atoms with Crippen LogP contribution in [0.1, 0.15) is 18.4 Å². The van der Waals surface area contributed by atoms with E-state index in [1.54, 1.807) is 7.11 Å². The molecule has 0 amide bonds. The summed E-state index contributed by atoms with van der Waals surface area (Å²) >= 11 is 3.42. The molecular formula is C12H13BrO3. The Labute approximate surface area is 103 Å². The average molecular weight is 285 g/mol. The van der Waals surface area contributed by atoms with Gasteiger partial charge in [0.2, 0.25) is 0 Å². The number of alkyl halides is 1. The molecule has 2 rings (SSSR count). The molecule has 1 aromatic rings. The topological polar surface area (TPSA) is 35.5 Å². The van der Waals surface area contributed by atoms with Gasteiger partial charge in [0.15, 0.2) is 0 Å². The summed E-state index contributed by atoms with van der Waals surface area (Å²) in [7, 11) is 1.63. The molecule has 1 aliphatic rings. The summed E-state index contributed by atoms with van der Waals surface area (Å²) in [5.74, 6) is 0.674. The van der Waals surface area contributed by atoms with E-state index in [1.165, 1.54) is 0 Å². The lowest BCUT2D eigenvalue weighted by Crippen LogP contribution is -2.27. The number of carbonyl (C=O) groups excluding carboxylic acids is 1. The zero-order valence-corrected chi connectivity index (χ0v) is 10.6. The fraction of sp³-hybridized carbons (Fsp3) is 0.417. The predicted octanol–water partition coefficient (Wildman–Crippen LogP) is 2.62. The molecule has 86 valence electrons. The van der Waals surface area contributed by atoms with Gasteiger partial charge in [0.05, 0.1) is 7.11 Å². The molecule has 1 atom stereocenters. The second-order valence-electron chi connectivity index (χ2n) is 3.83. The summed E-state index contributed by atoms with van der Waals surface area (Å²) < 4.78 is 10.5. The van der Waals surface area contributed by atoms with Crippen LogP contribution in [0.2, 0.25) is 0 Å². The summed E-state index contributed by atoms with van der Waals surface area (Å²) in [5, 5.41) is 0.623. The van der Waals surface area contributed by atoms with Crippen LogP contribution < -0.4 is 4.74 Å². The van der Waals surface area contributed by atoms with Crippen molar-refractivity contribution in [3.8, 4) is 5.75 Å². The van der Waals surface area contributed by atoms with Crippen LogP contribution in [0.25, 0.3) is 0 Å². The zero-order valence-electron chi connectivity index (χ0n) is 9.03. The first-order chi connectivity index (χ1) is 7.70. The van der Waals surface area contributed by atoms with Crippen molar-refractivity contribution in [2.24, 2.45) is 0 Å². The minimum atomic E-state index is -0.497. The lowest BCUT2D eigenvalue weighted by atomic mass is 9.93. The van der Waals surface area contributed by atoms with Crippen molar-refractivity contribution in [1.29, 1.82) is 0 Å². The van der Waals surface area contributed by atoms with E-state index in [4.69, 9.17) is 9.47 Å². The minimum Gasteiger partial charge on any atom is -0.497 e. The molecule has 1 unspecified atom stereocenters. The molecular weight excluding hydrogens is 272 g/mol. The smallest absolute Gasteiger partial charge is 0.306 e. The third-order valence-electron chi connectivity index (χ3n) is 2.87. The highest BCUT2D eigenvalue weighted by atomic mass is 79.9. The van der Waals surface area contributed by atoms with Gasteiger partial charge in [-0.2, -0.15) is 0 Å². The van der Waals surface area contributed by atoms with Crippen LogP contribution in [0.3, 0.4) is 0 Å². The van der Waals surface area contributed by atoms with Crippen LogP contribution in [-0.2, 0) is 15.1 Å². The van der Waals surface area contributed by atoms with E-state index in [0.29, 0.717) is 11.8 Å². The Balaban J connectivity index is 2.30. The molecule has 0 aromatic heterocycles. The number of halogens is 1. The number of hydrogen-bond acceptors (Lipinski definition) is 3. The molecule has 0 radical (unpaired) electrons. The molecule has 4 heteroatoms. The highest BCUT2D eigenvalue weighted by Crippen LogP contribution is 2.38. The fourth-order valence-electron chi connectivity index (χ4n) is 1.89. The lowest BCUT2D eigenvalue weighted by Gasteiger charge is -2.25. The summed E-state index contributed by atoms with van der Waals surface area (Å²) in [6.07, 6.45) is 1.21. The van der Waals surface area contributed by atoms with Crippen molar-refractivity contribution in [2.75, 3.05) is 12.4 Å². The number of hydrogen-bond donors (Lipinski definition) is 0. The van der Waals surface area contributed by atoms with E-state index in [0.717, 1.165) is 17.7 Å². The minimum absolute atomic E-state index is 0.129. The highest BCUT2D eigenvalue weighted by molar-refractivity contribution is 9.09. The maximum Gasteiger partial charge on any atom is 0.306 e. The van der Waals surface area contributed by atoms with Gasteiger partial charge in [0.1, 0.15) is 11.4 Å². The number of carbonyl (C=O) groups is 1.